The zero-order chi connectivity index (χ0) is 13.2. The third-order valence-corrected chi connectivity index (χ3v) is 3.36. The maximum absolute atomic E-state index is 12.1. The van der Waals surface area contributed by atoms with Crippen LogP contribution in [0.2, 0.25) is 0 Å². The van der Waals surface area contributed by atoms with Crippen LogP contribution in [-0.4, -0.2) is 29.8 Å². The van der Waals surface area contributed by atoms with Crippen LogP contribution in [-0.2, 0) is 9.59 Å². The number of amides is 4. The molecule has 1 saturated heterocycles. The van der Waals surface area contributed by atoms with E-state index >= 15 is 0 Å². The summed E-state index contributed by atoms with van der Waals surface area (Å²) in [7, 11) is 1.38. The molecule has 1 fully saturated rings. The number of rotatable bonds is 4. The SMILES string of the molecule is CCC1(CCC(C)C)C(=O)[N-]C(=O)N(C)C1=O.[Na+]. The molecule has 0 aromatic carbocycles. The molecule has 1 heterocycles. The Bertz CT molecular complexity index is 357. The molecule has 1 aliphatic rings. The van der Waals surface area contributed by atoms with E-state index in [0.717, 1.165) is 11.3 Å². The molecule has 1 rings (SSSR count). The van der Waals surface area contributed by atoms with E-state index in [9.17, 15) is 14.4 Å². The molecule has 0 saturated carbocycles. The van der Waals surface area contributed by atoms with Crippen molar-refractivity contribution < 1.29 is 43.9 Å². The van der Waals surface area contributed by atoms with E-state index in [0.29, 0.717) is 18.8 Å². The zero-order valence-corrected chi connectivity index (χ0v) is 13.8. The van der Waals surface area contributed by atoms with Crippen LogP contribution in [0.4, 0.5) is 4.79 Å². The first-order chi connectivity index (χ1) is 7.85. The molecular weight excluding hydrogens is 243 g/mol. The van der Waals surface area contributed by atoms with Gasteiger partial charge in [0.15, 0.2) is 17.8 Å². The molecule has 4 amide bonds. The predicted octanol–water partition coefficient (Wildman–Crippen LogP) is -0.685. The van der Waals surface area contributed by atoms with E-state index in [1.54, 1.807) is 6.92 Å². The Hall–Kier alpha value is -0.390. The third kappa shape index (κ3) is 3.13. The van der Waals surface area contributed by atoms with Crippen LogP contribution in [0.5, 0.6) is 0 Å². The van der Waals surface area contributed by atoms with Crippen molar-refractivity contribution >= 4 is 17.8 Å². The van der Waals surface area contributed by atoms with Gasteiger partial charge in [0.1, 0.15) is 0 Å². The van der Waals surface area contributed by atoms with E-state index in [2.05, 4.69) is 5.32 Å². The largest absolute Gasteiger partial charge is 1.00 e. The van der Waals surface area contributed by atoms with Gasteiger partial charge in [0.2, 0.25) is 0 Å². The monoisotopic (exact) mass is 262 g/mol. The van der Waals surface area contributed by atoms with Crippen LogP contribution in [0.1, 0.15) is 40.0 Å². The van der Waals surface area contributed by atoms with Crippen molar-refractivity contribution in [2.24, 2.45) is 11.3 Å². The fraction of sp³-hybridized carbons (Fsp3) is 0.750. The minimum atomic E-state index is -1.12. The normalized spacial score (nSPS) is 24.1. The molecule has 0 bridgehead atoms. The van der Waals surface area contributed by atoms with Crippen molar-refractivity contribution in [1.82, 2.24) is 4.90 Å². The summed E-state index contributed by atoms with van der Waals surface area (Å²) in [6.07, 6.45) is 1.61. The Morgan fingerprint density at radius 3 is 2.28 bits per heavy atom. The summed E-state index contributed by atoms with van der Waals surface area (Å²) in [6, 6.07) is -0.756. The summed E-state index contributed by atoms with van der Waals surface area (Å²) in [5.74, 6) is -0.582. The van der Waals surface area contributed by atoms with E-state index in [1.807, 2.05) is 13.8 Å². The van der Waals surface area contributed by atoms with Gasteiger partial charge in [0.25, 0.3) is 0 Å². The molecule has 5 nitrogen and oxygen atoms in total. The molecular formula is C12H19N2NaO3. The van der Waals surface area contributed by atoms with Crippen LogP contribution in [0.25, 0.3) is 5.32 Å². The Labute approximate surface area is 130 Å². The topological polar surface area (TPSA) is 68.6 Å². The Balaban J connectivity index is 0.00000289. The third-order valence-electron chi connectivity index (χ3n) is 3.36. The molecule has 1 unspecified atom stereocenters. The maximum Gasteiger partial charge on any atom is 1.00 e. The zero-order valence-electron chi connectivity index (χ0n) is 11.8. The van der Waals surface area contributed by atoms with Crippen LogP contribution >= 0.6 is 0 Å². The van der Waals surface area contributed by atoms with E-state index < -0.39 is 23.3 Å². The summed E-state index contributed by atoms with van der Waals surface area (Å²) in [5.41, 5.74) is -1.12. The van der Waals surface area contributed by atoms with Gasteiger partial charge in [-0.15, -0.1) is 0 Å². The first-order valence-corrected chi connectivity index (χ1v) is 5.93. The van der Waals surface area contributed by atoms with Gasteiger partial charge in [-0.1, -0.05) is 27.8 Å². The Morgan fingerprint density at radius 2 is 1.83 bits per heavy atom. The van der Waals surface area contributed by atoms with Crippen molar-refractivity contribution in [3.05, 3.63) is 5.32 Å². The summed E-state index contributed by atoms with van der Waals surface area (Å²) < 4.78 is 0. The van der Waals surface area contributed by atoms with Crippen LogP contribution in [0, 0.1) is 11.3 Å². The molecule has 1 atom stereocenters. The summed E-state index contributed by atoms with van der Waals surface area (Å²) in [4.78, 5) is 36.3. The molecule has 0 spiro atoms. The number of hydrogen-bond acceptors (Lipinski definition) is 3. The van der Waals surface area contributed by atoms with E-state index in [4.69, 9.17) is 0 Å². The second-order valence-electron chi connectivity index (χ2n) is 4.93. The number of nitrogens with zero attached hydrogens (tertiary/aromatic N) is 2. The molecule has 1 aliphatic heterocycles. The second-order valence-corrected chi connectivity index (χ2v) is 4.93. The predicted molar refractivity (Wildman–Crippen MR) is 63.3 cm³/mol. The van der Waals surface area contributed by atoms with Crippen LogP contribution in [0.15, 0.2) is 0 Å². The van der Waals surface area contributed by atoms with Gasteiger partial charge < -0.3 is 10.2 Å². The summed E-state index contributed by atoms with van der Waals surface area (Å²) >= 11 is 0. The van der Waals surface area contributed by atoms with Gasteiger partial charge in [-0.3, -0.25) is 14.4 Å². The molecule has 18 heavy (non-hydrogen) atoms. The van der Waals surface area contributed by atoms with Gasteiger partial charge in [0, 0.05) is 0 Å². The number of imide groups is 2. The van der Waals surface area contributed by atoms with Gasteiger partial charge in [0.05, 0.1) is 5.41 Å². The average Bonchev–Trinajstić information content (AvgIpc) is 2.27. The number of urea groups is 1. The molecule has 6 heteroatoms. The number of carbonyl (C=O) groups excluding carboxylic acids is 3. The first kappa shape index (κ1) is 17.6. The number of carbonyl (C=O) groups is 3. The summed E-state index contributed by atoms with van der Waals surface area (Å²) in [5, 5.41) is 3.44. The van der Waals surface area contributed by atoms with Crippen molar-refractivity contribution in [1.29, 1.82) is 0 Å². The molecule has 0 aromatic heterocycles. The average molecular weight is 262 g/mol. The molecule has 0 aromatic rings. The quantitative estimate of drug-likeness (QED) is 0.498. The van der Waals surface area contributed by atoms with Gasteiger partial charge in [-0.25, -0.2) is 0 Å². The van der Waals surface area contributed by atoms with E-state index in [1.165, 1.54) is 7.05 Å². The molecule has 0 radical (unpaired) electrons. The van der Waals surface area contributed by atoms with Crippen molar-refractivity contribution in [2.75, 3.05) is 7.05 Å². The fourth-order valence-electron chi connectivity index (χ4n) is 2.00. The minimum Gasteiger partial charge on any atom is -0.384 e. The van der Waals surface area contributed by atoms with Crippen molar-refractivity contribution in [3.63, 3.8) is 0 Å². The second kappa shape index (κ2) is 6.68. The molecule has 0 N–H and O–H groups in total. The van der Waals surface area contributed by atoms with E-state index in [-0.39, 0.29) is 29.6 Å². The Kier molecular flexibility index (Phi) is 6.54. The minimum absolute atomic E-state index is 0. The van der Waals surface area contributed by atoms with Crippen molar-refractivity contribution in [2.45, 2.75) is 40.0 Å². The molecule has 0 aliphatic carbocycles. The maximum atomic E-state index is 12.1. The van der Waals surface area contributed by atoms with Crippen LogP contribution in [0.3, 0.4) is 0 Å². The molecule has 96 valence electrons. The number of hydrogen-bond donors (Lipinski definition) is 0. The van der Waals surface area contributed by atoms with Gasteiger partial charge >= 0.3 is 29.6 Å². The van der Waals surface area contributed by atoms with Crippen LogP contribution < -0.4 is 29.6 Å². The summed E-state index contributed by atoms with van der Waals surface area (Å²) in [6.45, 7) is 5.86. The first-order valence-electron chi connectivity index (χ1n) is 5.93. The number of barbiturate groups is 1. The smallest absolute Gasteiger partial charge is 0.384 e. The standard InChI is InChI=1S/C12H20N2O3.Na/c1-5-12(7-6-8(2)3)9(15)13-11(17)14(4)10(12)16;/h8H,5-7H2,1-4H3,(H,13,15,17);/q;+1/p-1. The van der Waals surface area contributed by atoms with Crippen molar-refractivity contribution in [3.8, 4) is 0 Å². The van der Waals surface area contributed by atoms with Gasteiger partial charge in [-0.05, 0) is 25.2 Å². The fourth-order valence-corrected chi connectivity index (χ4v) is 2.00. The Morgan fingerprint density at radius 1 is 1.28 bits per heavy atom. The van der Waals surface area contributed by atoms with Gasteiger partial charge in [-0.2, -0.15) is 0 Å².